The van der Waals surface area contributed by atoms with E-state index in [0.29, 0.717) is 10.9 Å². The summed E-state index contributed by atoms with van der Waals surface area (Å²) in [6.07, 6.45) is -9.47. The van der Waals surface area contributed by atoms with Crippen LogP contribution in [0.3, 0.4) is 0 Å². The molecule has 1 unspecified atom stereocenters. The van der Waals surface area contributed by atoms with E-state index in [2.05, 4.69) is 4.98 Å². The van der Waals surface area contributed by atoms with Crippen molar-refractivity contribution in [3.8, 4) is 0 Å². The molecule has 0 fully saturated rings. The van der Waals surface area contributed by atoms with E-state index in [1.807, 2.05) is 0 Å². The van der Waals surface area contributed by atoms with Gasteiger partial charge in [-0.3, -0.25) is 4.98 Å². The minimum atomic E-state index is -5.47. The quantitative estimate of drug-likeness (QED) is 0.852. The number of rotatable bonds is 2. The maximum absolute atomic E-state index is 12.7. The number of benzene rings is 1. The monoisotopic (exact) mass is 308 g/mol. The first-order valence-corrected chi connectivity index (χ1v) is 5.84. The predicted octanol–water partition coefficient (Wildman–Crippen LogP) is 3.98. The lowest BCUT2D eigenvalue weighted by atomic mass is 9.92. The lowest BCUT2D eigenvalue weighted by Crippen LogP contribution is -2.43. The first-order chi connectivity index (χ1) is 9.60. The van der Waals surface area contributed by atoms with Crippen LogP contribution in [-0.2, 0) is 0 Å². The molecule has 1 heterocycles. The van der Waals surface area contributed by atoms with Crippen LogP contribution in [0.2, 0.25) is 0 Å². The topological polar surface area (TPSA) is 38.9 Å². The Labute approximate surface area is 115 Å². The highest BCUT2D eigenvalue weighted by atomic mass is 19.4. The zero-order valence-corrected chi connectivity index (χ0v) is 10.4. The Morgan fingerprint density at radius 3 is 2.14 bits per heavy atom. The van der Waals surface area contributed by atoms with Crippen LogP contribution in [-0.4, -0.2) is 17.3 Å². The summed E-state index contributed by atoms with van der Waals surface area (Å²) in [4.78, 5) is 3.94. The zero-order chi connectivity index (χ0) is 15.8. The van der Waals surface area contributed by atoms with Crippen molar-refractivity contribution in [3.63, 3.8) is 0 Å². The van der Waals surface area contributed by atoms with E-state index in [9.17, 15) is 26.3 Å². The Bertz CT molecular complexity index is 620. The Kier molecular flexibility index (Phi) is 3.83. The van der Waals surface area contributed by atoms with E-state index < -0.39 is 24.3 Å². The minimum Gasteiger partial charge on any atom is -0.323 e. The summed E-state index contributed by atoms with van der Waals surface area (Å²) in [5.41, 5.74) is 5.46. The Morgan fingerprint density at radius 2 is 1.57 bits per heavy atom. The molecule has 0 saturated heterocycles. The van der Waals surface area contributed by atoms with Crippen LogP contribution in [0.5, 0.6) is 0 Å². The summed E-state index contributed by atoms with van der Waals surface area (Å²) in [5.74, 6) is -3.61. The summed E-state index contributed by atoms with van der Waals surface area (Å²) in [6.45, 7) is 0. The van der Waals surface area contributed by atoms with Crippen LogP contribution in [0.1, 0.15) is 11.6 Å². The molecular weight excluding hydrogens is 298 g/mol. The highest BCUT2D eigenvalue weighted by Gasteiger charge is 2.59. The van der Waals surface area contributed by atoms with Crippen molar-refractivity contribution < 1.29 is 26.3 Å². The number of fused-ring (bicyclic) bond motifs is 1. The van der Waals surface area contributed by atoms with Gasteiger partial charge in [0.15, 0.2) is 5.92 Å². The van der Waals surface area contributed by atoms with E-state index in [0.717, 1.165) is 6.07 Å². The lowest BCUT2D eigenvalue weighted by molar-refractivity contribution is -0.290. The van der Waals surface area contributed by atoms with Gasteiger partial charge in [-0.25, -0.2) is 0 Å². The van der Waals surface area contributed by atoms with Crippen molar-refractivity contribution in [2.75, 3.05) is 0 Å². The molecule has 0 amide bonds. The molecule has 0 bridgehead atoms. The van der Waals surface area contributed by atoms with Crippen LogP contribution in [0.4, 0.5) is 26.3 Å². The maximum Gasteiger partial charge on any atom is 0.402 e. The van der Waals surface area contributed by atoms with Crippen LogP contribution in [0.25, 0.3) is 10.9 Å². The molecule has 2 nitrogen and oxygen atoms in total. The van der Waals surface area contributed by atoms with Crippen molar-refractivity contribution in [1.82, 2.24) is 4.98 Å². The SMILES string of the molecule is NC(c1ccc2ncccc2c1)C(C(F)(F)F)C(F)(F)F. The summed E-state index contributed by atoms with van der Waals surface area (Å²) >= 11 is 0. The highest BCUT2D eigenvalue weighted by molar-refractivity contribution is 5.79. The van der Waals surface area contributed by atoms with Gasteiger partial charge >= 0.3 is 12.4 Å². The molecular formula is C13H10F6N2. The molecule has 2 rings (SSSR count). The third-order valence-electron chi connectivity index (χ3n) is 3.08. The van der Waals surface area contributed by atoms with Gasteiger partial charge in [-0.2, -0.15) is 26.3 Å². The molecule has 0 radical (unpaired) electrons. The van der Waals surface area contributed by atoms with Crippen LogP contribution in [0.15, 0.2) is 36.5 Å². The van der Waals surface area contributed by atoms with Gasteiger partial charge in [0, 0.05) is 11.6 Å². The second-order valence-electron chi connectivity index (χ2n) is 4.54. The standard InChI is InChI=1S/C13H10F6N2/c14-12(15,16)11(13(17,18)19)10(20)8-3-4-9-7(6-8)2-1-5-21-9/h1-6,10-11H,20H2. The maximum atomic E-state index is 12.7. The van der Waals surface area contributed by atoms with Crippen molar-refractivity contribution in [3.05, 3.63) is 42.1 Å². The number of nitrogens with two attached hydrogens (primary N) is 1. The van der Waals surface area contributed by atoms with Crippen molar-refractivity contribution >= 4 is 10.9 Å². The molecule has 0 aliphatic heterocycles. The van der Waals surface area contributed by atoms with Gasteiger partial charge in [-0.1, -0.05) is 12.1 Å². The normalized spacial score (nSPS) is 14.7. The number of aromatic nitrogens is 1. The third kappa shape index (κ3) is 3.26. The van der Waals surface area contributed by atoms with Gasteiger partial charge in [-0.15, -0.1) is 0 Å². The fourth-order valence-electron chi connectivity index (χ4n) is 2.09. The molecule has 0 aliphatic rings. The second kappa shape index (κ2) is 5.18. The first-order valence-electron chi connectivity index (χ1n) is 5.84. The van der Waals surface area contributed by atoms with Crippen LogP contribution >= 0.6 is 0 Å². The molecule has 114 valence electrons. The van der Waals surface area contributed by atoms with Gasteiger partial charge in [0.2, 0.25) is 0 Å². The van der Waals surface area contributed by atoms with Crippen molar-refractivity contribution in [2.24, 2.45) is 11.7 Å². The molecule has 1 aromatic heterocycles. The van der Waals surface area contributed by atoms with Crippen LogP contribution < -0.4 is 5.73 Å². The van der Waals surface area contributed by atoms with Gasteiger partial charge in [0.25, 0.3) is 0 Å². The van der Waals surface area contributed by atoms with E-state index in [-0.39, 0.29) is 5.56 Å². The highest BCUT2D eigenvalue weighted by Crippen LogP contribution is 2.45. The van der Waals surface area contributed by atoms with E-state index in [4.69, 9.17) is 5.73 Å². The van der Waals surface area contributed by atoms with Gasteiger partial charge in [-0.05, 0) is 23.8 Å². The first kappa shape index (κ1) is 15.6. The number of hydrogen-bond acceptors (Lipinski definition) is 2. The van der Waals surface area contributed by atoms with Crippen LogP contribution in [0, 0.1) is 5.92 Å². The molecule has 0 saturated carbocycles. The summed E-state index contributed by atoms with van der Waals surface area (Å²) in [5, 5.41) is 0.425. The molecule has 21 heavy (non-hydrogen) atoms. The van der Waals surface area contributed by atoms with Gasteiger partial charge in [0.05, 0.1) is 11.6 Å². The number of hydrogen-bond donors (Lipinski definition) is 1. The van der Waals surface area contributed by atoms with E-state index in [1.54, 1.807) is 0 Å². The zero-order valence-electron chi connectivity index (χ0n) is 10.4. The van der Waals surface area contributed by atoms with Gasteiger partial charge < -0.3 is 5.73 Å². The average molecular weight is 308 g/mol. The Balaban J connectivity index is 2.46. The number of alkyl halides is 6. The molecule has 0 spiro atoms. The fraction of sp³-hybridized carbons (Fsp3) is 0.308. The third-order valence-corrected chi connectivity index (χ3v) is 3.08. The number of pyridine rings is 1. The summed E-state index contributed by atoms with van der Waals surface area (Å²) in [7, 11) is 0. The summed E-state index contributed by atoms with van der Waals surface area (Å²) in [6, 6.07) is 4.50. The molecule has 2 aromatic rings. The molecule has 0 aliphatic carbocycles. The molecule has 1 aromatic carbocycles. The van der Waals surface area contributed by atoms with E-state index >= 15 is 0 Å². The smallest absolute Gasteiger partial charge is 0.323 e. The molecule has 2 N–H and O–H groups in total. The average Bonchev–Trinajstić information content (AvgIpc) is 2.34. The number of halogens is 6. The van der Waals surface area contributed by atoms with Crippen molar-refractivity contribution in [2.45, 2.75) is 18.4 Å². The fourth-order valence-corrected chi connectivity index (χ4v) is 2.09. The predicted molar refractivity (Wildman–Crippen MR) is 64.3 cm³/mol. The lowest BCUT2D eigenvalue weighted by Gasteiger charge is -2.28. The number of nitrogens with zero attached hydrogens (tertiary/aromatic N) is 1. The van der Waals surface area contributed by atoms with Crippen molar-refractivity contribution in [1.29, 1.82) is 0 Å². The Morgan fingerprint density at radius 1 is 0.952 bits per heavy atom. The minimum absolute atomic E-state index is 0.241. The molecule has 8 heteroatoms. The van der Waals surface area contributed by atoms with E-state index in [1.165, 1.54) is 30.5 Å². The second-order valence-corrected chi connectivity index (χ2v) is 4.54. The molecule has 1 atom stereocenters. The largest absolute Gasteiger partial charge is 0.402 e. The summed E-state index contributed by atoms with van der Waals surface area (Å²) < 4.78 is 75.9. The Hall–Kier alpha value is -1.83. The van der Waals surface area contributed by atoms with Gasteiger partial charge in [0.1, 0.15) is 0 Å².